The molecule has 0 radical (unpaired) electrons. The van der Waals surface area contributed by atoms with Crippen molar-refractivity contribution in [1.82, 2.24) is 5.48 Å². The van der Waals surface area contributed by atoms with Gasteiger partial charge in [-0.25, -0.2) is 5.48 Å². The van der Waals surface area contributed by atoms with Crippen molar-refractivity contribution in [2.24, 2.45) is 10.8 Å². The van der Waals surface area contributed by atoms with Crippen LogP contribution >= 0.6 is 0 Å². The Morgan fingerprint density at radius 2 is 1.59 bits per heavy atom. The van der Waals surface area contributed by atoms with Gasteiger partial charge in [0.2, 0.25) is 11.8 Å². The lowest BCUT2D eigenvalue weighted by Gasteiger charge is -2.31. The van der Waals surface area contributed by atoms with E-state index in [-0.39, 0.29) is 17.7 Å². The molecule has 0 saturated carbocycles. The van der Waals surface area contributed by atoms with Crippen molar-refractivity contribution in [3.63, 3.8) is 0 Å². The fourth-order valence-corrected chi connectivity index (χ4v) is 2.64. The molecule has 5 nitrogen and oxygen atoms in total. The van der Waals surface area contributed by atoms with Crippen LogP contribution in [0.3, 0.4) is 0 Å². The van der Waals surface area contributed by atoms with Crippen LogP contribution in [0.15, 0.2) is 24.3 Å². The van der Waals surface area contributed by atoms with E-state index in [0.717, 1.165) is 12.0 Å². The van der Waals surface area contributed by atoms with Crippen molar-refractivity contribution in [3.8, 4) is 0 Å². The average Bonchev–Trinajstić information content (AvgIpc) is 2.38. The highest BCUT2D eigenvalue weighted by Crippen LogP contribution is 2.34. The van der Waals surface area contributed by atoms with Gasteiger partial charge in [0.15, 0.2) is 0 Å². The van der Waals surface area contributed by atoms with Gasteiger partial charge in [-0.1, -0.05) is 46.8 Å². The van der Waals surface area contributed by atoms with Gasteiger partial charge in [0.05, 0.1) is 6.42 Å². The maximum absolute atomic E-state index is 12.4. The van der Waals surface area contributed by atoms with Crippen molar-refractivity contribution in [2.75, 3.05) is 5.32 Å². The topological polar surface area (TPSA) is 78.4 Å². The largest absolute Gasteiger partial charge is 0.326 e. The minimum atomic E-state index is -0.469. The highest BCUT2D eigenvalue weighted by Gasteiger charge is 2.32. The Kier molecular flexibility index (Phi) is 5.72. The first kappa shape index (κ1) is 18.2. The minimum Gasteiger partial charge on any atom is -0.326 e. The molecule has 0 spiro atoms. The molecular formula is C17H26N2O3. The molecular weight excluding hydrogens is 280 g/mol. The standard InChI is InChI=1S/C17H26N2O3/c1-16(2,3)11-17(4,5)15(21)18-13-8-6-12(7-9-13)10-14(20)19-22/h6-9,22H,10-11H2,1-5H3,(H,18,21)(H,19,20). The number of anilines is 1. The summed E-state index contributed by atoms with van der Waals surface area (Å²) in [5.41, 5.74) is 2.66. The zero-order valence-corrected chi connectivity index (χ0v) is 14.0. The molecule has 0 aromatic heterocycles. The lowest BCUT2D eigenvalue weighted by atomic mass is 9.75. The smallest absolute Gasteiger partial charge is 0.247 e. The van der Waals surface area contributed by atoms with Gasteiger partial charge in [-0.3, -0.25) is 14.8 Å². The second kappa shape index (κ2) is 6.92. The molecule has 1 rings (SSSR count). The Balaban J connectivity index is 2.70. The molecule has 0 unspecified atom stereocenters. The third kappa shape index (κ3) is 5.85. The number of amides is 2. The van der Waals surface area contributed by atoms with Crippen LogP contribution in [0, 0.1) is 10.8 Å². The highest BCUT2D eigenvalue weighted by molar-refractivity contribution is 5.94. The SMILES string of the molecule is CC(C)(C)CC(C)(C)C(=O)Nc1ccc(CC(=O)NO)cc1. The molecule has 22 heavy (non-hydrogen) atoms. The van der Waals surface area contributed by atoms with E-state index in [1.54, 1.807) is 29.7 Å². The first-order chi connectivity index (χ1) is 10.0. The van der Waals surface area contributed by atoms with Crippen molar-refractivity contribution in [3.05, 3.63) is 29.8 Å². The third-order valence-corrected chi connectivity index (χ3v) is 3.29. The summed E-state index contributed by atoms with van der Waals surface area (Å²) in [6, 6.07) is 7.01. The Bertz CT molecular complexity index is 528. The molecule has 3 N–H and O–H groups in total. The summed E-state index contributed by atoms with van der Waals surface area (Å²) in [6.45, 7) is 10.2. The number of carbonyl (C=O) groups is 2. The second-order valence-electron chi connectivity index (χ2n) is 7.48. The molecule has 0 atom stereocenters. The van der Waals surface area contributed by atoms with E-state index >= 15 is 0 Å². The maximum Gasteiger partial charge on any atom is 0.247 e. The number of carbonyl (C=O) groups excluding carboxylic acids is 2. The van der Waals surface area contributed by atoms with Crippen LogP contribution in [-0.4, -0.2) is 17.0 Å². The van der Waals surface area contributed by atoms with E-state index in [4.69, 9.17) is 5.21 Å². The van der Waals surface area contributed by atoms with Crippen LogP contribution in [0.25, 0.3) is 0 Å². The fourth-order valence-electron chi connectivity index (χ4n) is 2.64. The van der Waals surface area contributed by atoms with Crippen molar-refractivity contribution >= 4 is 17.5 Å². The van der Waals surface area contributed by atoms with E-state index in [9.17, 15) is 9.59 Å². The number of hydrogen-bond acceptors (Lipinski definition) is 3. The summed E-state index contributed by atoms with van der Waals surface area (Å²) in [6.07, 6.45) is 0.876. The lowest BCUT2D eigenvalue weighted by molar-refractivity contribution is -0.128. The normalized spacial score (nSPS) is 11.9. The summed E-state index contributed by atoms with van der Waals surface area (Å²) in [7, 11) is 0. The Hall–Kier alpha value is -1.88. The summed E-state index contributed by atoms with van der Waals surface area (Å²) in [5.74, 6) is -0.494. The predicted molar refractivity (Wildman–Crippen MR) is 86.6 cm³/mol. The average molecular weight is 306 g/mol. The molecule has 122 valence electrons. The van der Waals surface area contributed by atoms with Gasteiger partial charge in [-0.15, -0.1) is 0 Å². The molecule has 0 fully saturated rings. The monoisotopic (exact) mass is 306 g/mol. The number of hydroxylamine groups is 1. The van der Waals surface area contributed by atoms with Gasteiger partial charge in [0.1, 0.15) is 0 Å². The van der Waals surface area contributed by atoms with Crippen molar-refractivity contribution < 1.29 is 14.8 Å². The van der Waals surface area contributed by atoms with Gasteiger partial charge in [0.25, 0.3) is 0 Å². The second-order valence-corrected chi connectivity index (χ2v) is 7.48. The predicted octanol–water partition coefficient (Wildman–Crippen LogP) is 3.14. The van der Waals surface area contributed by atoms with Crippen LogP contribution in [0.2, 0.25) is 0 Å². The van der Waals surface area contributed by atoms with Gasteiger partial charge in [-0.2, -0.15) is 0 Å². The van der Waals surface area contributed by atoms with Crippen molar-refractivity contribution in [2.45, 2.75) is 47.5 Å². The maximum atomic E-state index is 12.4. The Labute approximate surface area is 132 Å². The quantitative estimate of drug-likeness (QED) is 0.577. The van der Waals surface area contributed by atoms with E-state index in [2.05, 4.69) is 26.1 Å². The highest BCUT2D eigenvalue weighted by atomic mass is 16.5. The molecule has 5 heteroatoms. The van der Waals surface area contributed by atoms with Crippen molar-refractivity contribution in [1.29, 1.82) is 0 Å². The molecule has 0 heterocycles. The number of hydrogen-bond donors (Lipinski definition) is 3. The molecule has 0 saturated heterocycles. The van der Waals surface area contributed by atoms with E-state index in [1.807, 2.05) is 13.8 Å². The van der Waals surface area contributed by atoms with Gasteiger partial charge >= 0.3 is 0 Å². The summed E-state index contributed by atoms with van der Waals surface area (Å²) in [4.78, 5) is 23.5. The number of rotatable bonds is 5. The number of nitrogens with one attached hydrogen (secondary N) is 2. The van der Waals surface area contributed by atoms with Crippen LogP contribution < -0.4 is 10.8 Å². The molecule has 1 aromatic carbocycles. The van der Waals surface area contributed by atoms with Gasteiger partial charge < -0.3 is 5.32 Å². The van der Waals surface area contributed by atoms with Gasteiger partial charge in [-0.05, 0) is 29.5 Å². The van der Waals surface area contributed by atoms with Crippen LogP contribution in [0.1, 0.15) is 46.6 Å². The summed E-state index contributed by atoms with van der Waals surface area (Å²) in [5, 5.41) is 11.4. The van der Waals surface area contributed by atoms with E-state index in [1.165, 1.54) is 0 Å². The molecule has 0 aliphatic rings. The first-order valence-corrected chi connectivity index (χ1v) is 7.37. The fraction of sp³-hybridized carbons (Fsp3) is 0.529. The molecule has 2 amide bonds. The molecule has 1 aromatic rings. The lowest BCUT2D eigenvalue weighted by Crippen LogP contribution is -2.34. The Morgan fingerprint density at radius 3 is 2.05 bits per heavy atom. The summed E-state index contributed by atoms with van der Waals surface area (Å²) < 4.78 is 0. The van der Waals surface area contributed by atoms with Crippen LogP contribution in [0.4, 0.5) is 5.69 Å². The van der Waals surface area contributed by atoms with E-state index in [0.29, 0.717) is 5.69 Å². The molecule has 0 aliphatic heterocycles. The minimum absolute atomic E-state index is 0.0247. The van der Waals surface area contributed by atoms with E-state index < -0.39 is 11.3 Å². The van der Waals surface area contributed by atoms with Gasteiger partial charge in [0, 0.05) is 11.1 Å². The Morgan fingerprint density at radius 1 is 1.05 bits per heavy atom. The first-order valence-electron chi connectivity index (χ1n) is 7.37. The third-order valence-electron chi connectivity index (χ3n) is 3.29. The van der Waals surface area contributed by atoms with Crippen LogP contribution in [0.5, 0.6) is 0 Å². The zero-order valence-electron chi connectivity index (χ0n) is 14.0. The van der Waals surface area contributed by atoms with Crippen LogP contribution in [-0.2, 0) is 16.0 Å². The molecule has 0 bridgehead atoms. The summed E-state index contributed by atoms with van der Waals surface area (Å²) >= 11 is 0. The molecule has 0 aliphatic carbocycles. The number of benzene rings is 1. The zero-order chi connectivity index (χ0) is 17.0.